The van der Waals surface area contributed by atoms with Crippen LogP contribution in [-0.4, -0.2) is 13.1 Å². The first-order valence-corrected chi connectivity index (χ1v) is 6.63. The molecule has 0 aromatic heterocycles. The van der Waals surface area contributed by atoms with E-state index in [4.69, 9.17) is 17.3 Å². The summed E-state index contributed by atoms with van der Waals surface area (Å²) in [5.41, 5.74) is 6.70. The summed E-state index contributed by atoms with van der Waals surface area (Å²) in [7, 11) is 0. The molecule has 0 aliphatic rings. The lowest BCUT2D eigenvalue weighted by molar-refractivity contribution is 0.536. The fourth-order valence-corrected chi connectivity index (χ4v) is 2.15. The fraction of sp³-hybridized carbons (Fsp3) is 0.200. The van der Waals surface area contributed by atoms with Crippen LogP contribution in [0, 0.1) is 11.6 Å². The van der Waals surface area contributed by atoms with Crippen molar-refractivity contribution in [3.05, 3.63) is 70.2 Å². The van der Waals surface area contributed by atoms with E-state index in [1.807, 2.05) is 0 Å². The number of hydrogen-bond donors (Lipinski definition) is 2. The van der Waals surface area contributed by atoms with Crippen LogP contribution in [0.4, 0.5) is 8.78 Å². The van der Waals surface area contributed by atoms with Crippen molar-refractivity contribution in [3.8, 4) is 0 Å². The molecule has 0 aliphatic carbocycles. The normalized spacial score (nSPS) is 12.4. The molecule has 0 saturated heterocycles. The van der Waals surface area contributed by atoms with Crippen LogP contribution in [0.1, 0.15) is 17.2 Å². The van der Waals surface area contributed by atoms with Crippen LogP contribution in [-0.2, 0) is 0 Å². The molecule has 106 valence electrons. The first-order chi connectivity index (χ1) is 9.61. The highest BCUT2D eigenvalue weighted by Crippen LogP contribution is 2.26. The van der Waals surface area contributed by atoms with Gasteiger partial charge in [0.05, 0.1) is 6.04 Å². The lowest BCUT2D eigenvalue weighted by Gasteiger charge is -2.20. The Morgan fingerprint density at radius 3 is 2.40 bits per heavy atom. The quantitative estimate of drug-likeness (QED) is 0.889. The molecule has 0 saturated carbocycles. The first kappa shape index (κ1) is 14.9. The third kappa shape index (κ3) is 3.54. The monoisotopic (exact) mass is 296 g/mol. The molecular formula is C15H15ClF2N2. The Morgan fingerprint density at radius 1 is 1.10 bits per heavy atom. The van der Waals surface area contributed by atoms with Crippen LogP contribution >= 0.6 is 11.6 Å². The van der Waals surface area contributed by atoms with E-state index in [0.717, 1.165) is 11.6 Å². The van der Waals surface area contributed by atoms with Gasteiger partial charge in [0.1, 0.15) is 11.6 Å². The van der Waals surface area contributed by atoms with Gasteiger partial charge in [0.15, 0.2) is 0 Å². The van der Waals surface area contributed by atoms with E-state index < -0.39 is 17.7 Å². The van der Waals surface area contributed by atoms with Gasteiger partial charge in [-0.15, -0.1) is 0 Å². The Labute approximate surface area is 121 Å². The summed E-state index contributed by atoms with van der Waals surface area (Å²) in [4.78, 5) is 0. The van der Waals surface area contributed by atoms with Gasteiger partial charge in [-0.05, 0) is 23.8 Å². The minimum Gasteiger partial charge on any atom is -0.329 e. The molecular weight excluding hydrogens is 282 g/mol. The molecule has 2 rings (SSSR count). The van der Waals surface area contributed by atoms with Crippen molar-refractivity contribution in [3.63, 3.8) is 0 Å². The third-order valence-electron chi connectivity index (χ3n) is 2.97. The third-order valence-corrected chi connectivity index (χ3v) is 3.22. The molecule has 0 radical (unpaired) electrons. The molecule has 0 amide bonds. The average Bonchev–Trinajstić information content (AvgIpc) is 2.42. The summed E-state index contributed by atoms with van der Waals surface area (Å²) in [5, 5.41) is 3.75. The summed E-state index contributed by atoms with van der Waals surface area (Å²) in [6, 6.07) is 10.2. The maximum atomic E-state index is 14.0. The van der Waals surface area contributed by atoms with Crippen molar-refractivity contribution in [1.82, 2.24) is 5.32 Å². The van der Waals surface area contributed by atoms with Crippen molar-refractivity contribution < 1.29 is 8.78 Å². The predicted molar refractivity (Wildman–Crippen MR) is 76.7 cm³/mol. The summed E-state index contributed by atoms with van der Waals surface area (Å²) in [6.07, 6.45) is 0. The van der Waals surface area contributed by atoms with E-state index in [-0.39, 0.29) is 0 Å². The van der Waals surface area contributed by atoms with E-state index in [9.17, 15) is 8.78 Å². The fourth-order valence-electron chi connectivity index (χ4n) is 2.03. The van der Waals surface area contributed by atoms with Gasteiger partial charge in [0, 0.05) is 29.7 Å². The highest BCUT2D eigenvalue weighted by atomic mass is 35.5. The SMILES string of the molecule is NCCN[C@H](c1ccc(Cl)cc1)c1ccc(F)cc1F. The van der Waals surface area contributed by atoms with E-state index in [0.29, 0.717) is 23.7 Å². The molecule has 5 heteroatoms. The van der Waals surface area contributed by atoms with Crippen LogP contribution in [0.3, 0.4) is 0 Å². The summed E-state index contributed by atoms with van der Waals surface area (Å²) < 4.78 is 27.0. The van der Waals surface area contributed by atoms with Crippen LogP contribution in [0.15, 0.2) is 42.5 Å². The number of rotatable bonds is 5. The van der Waals surface area contributed by atoms with Crippen molar-refractivity contribution in [2.45, 2.75) is 6.04 Å². The number of nitrogens with two attached hydrogens (primary N) is 1. The van der Waals surface area contributed by atoms with Gasteiger partial charge in [-0.25, -0.2) is 8.78 Å². The van der Waals surface area contributed by atoms with Crippen molar-refractivity contribution in [2.24, 2.45) is 5.73 Å². The summed E-state index contributed by atoms with van der Waals surface area (Å²) >= 11 is 5.85. The molecule has 0 heterocycles. The molecule has 0 aliphatic heterocycles. The van der Waals surface area contributed by atoms with Gasteiger partial charge in [0.25, 0.3) is 0 Å². The standard InChI is InChI=1S/C15H15ClF2N2/c16-11-3-1-10(2-4-11)15(20-8-7-19)13-6-5-12(17)9-14(13)18/h1-6,9,15,20H,7-8,19H2/t15-/m1/s1. The Kier molecular flexibility index (Phi) is 5.06. The van der Waals surface area contributed by atoms with E-state index in [1.54, 1.807) is 24.3 Å². The zero-order valence-corrected chi connectivity index (χ0v) is 11.5. The highest BCUT2D eigenvalue weighted by molar-refractivity contribution is 6.30. The zero-order chi connectivity index (χ0) is 14.5. The average molecular weight is 297 g/mol. The largest absolute Gasteiger partial charge is 0.329 e. The molecule has 3 N–H and O–H groups in total. The topological polar surface area (TPSA) is 38.0 Å². The van der Waals surface area contributed by atoms with Gasteiger partial charge in [-0.3, -0.25) is 0 Å². The number of halogens is 3. The lowest BCUT2D eigenvalue weighted by Crippen LogP contribution is -2.28. The second kappa shape index (κ2) is 6.79. The summed E-state index contributed by atoms with van der Waals surface area (Å²) in [6.45, 7) is 0.941. The Bertz CT molecular complexity index is 573. The number of benzene rings is 2. The first-order valence-electron chi connectivity index (χ1n) is 6.25. The molecule has 1 atom stereocenters. The second-order valence-corrected chi connectivity index (χ2v) is 4.83. The molecule has 2 aromatic rings. The Hall–Kier alpha value is -1.49. The van der Waals surface area contributed by atoms with E-state index >= 15 is 0 Å². The molecule has 0 fully saturated rings. The number of hydrogen-bond acceptors (Lipinski definition) is 2. The van der Waals surface area contributed by atoms with Gasteiger partial charge >= 0.3 is 0 Å². The van der Waals surface area contributed by atoms with Crippen LogP contribution in [0.25, 0.3) is 0 Å². The minimum absolute atomic E-state index is 0.377. The highest BCUT2D eigenvalue weighted by Gasteiger charge is 2.17. The van der Waals surface area contributed by atoms with Gasteiger partial charge < -0.3 is 11.1 Å². The van der Waals surface area contributed by atoms with E-state index in [1.165, 1.54) is 12.1 Å². The van der Waals surface area contributed by atoms with Gasteiger partial charge in [-0.1, -0.05) is 29.8 Å². The smallest absolute Gasteiger partial charge is 0.131 e. The molecule has 20 heavy (non-hydrogen) atoms. The van der Waals surface area contributed by atoms with Gasteiger partial charge in [-0.2, -0.15) is 0 Å². The van der Waals surface area contributed by atoms with Crippen molar-refractivity contribution in [2.75, 3.05) is 13.1 Å². The molecule has 0 spiro atoms. The number of nitrogens with one attached hydrogen (secondary N) is 1. The second-order valence-electron chi connectivity index (χ2n) is 4.39. The van der Waals surface area contributed by atoms with Crippen LogP contribution in [0.5, 0.6) is 0 Å². The van der Waals surface area contributed by atoms with Gasteiger partial charge in [0.2, 0.25) is 0 Å². The van der Waals surface area contributed by atoms with Crippen LogP contribution < -0.4 is 11.1 Å². The lowest BCUT2D eigenvalue weighted by atomic mass is 9.98. The molecule has 0 unspecified atom stereocenters. The maximum Gasteiger partial charge on any atom is 0.131 e. The summed E-state index contributed by atoms with van der Waals surface area (Å²) in [5.74, 6) is -1.19. The van der Waals surface area contributed by atoms with Crippen LogP contribution in [0.2, 0.25) is 5.02 Å². The molecule has 2 aromatic carbocycles. The van der Waals surface area contributed by atoms with Crippen molar-refractivity contribution in [1.29, 1.82) is 0 Å². The zero-order valence-electron chi connectivity index (χ0n) is 10.7. The Morgan fingerprint density at radius 2 is 1.80 bits per heavy atom. The maximum absolute atomic E-state index is 14.0. The minimum atomic E-state index is -0.597. The van der Waals surface area contributed by atoms with E-state index in [2.05, 4.69) is 5.32 Å². The van der Waals surface area contributed by atoms with Crippen molar-refractivity contribution >= 4 is 11.6 Å². The molecule has 2 nitrogen and oxygen atoms in total. The Balaban J connectivity index is 2.38. The molecule has 0 bridgehead atoms. The predicted octanol–water partition coefficient (Wildman–Crippen LogP) is 3.26.